The molecule has 31 heavy (non-hydrogen) atoms. The number of aromatic nitrogens is 1. The molecular weight excluding hydrogens is 398 g/mol. The summed E-state index contributed by atoms with van der Waals surface area (Å²) in [6.45, 7) is 4.16. The predicted octanol–water partition coefficient (Wildman–Crippen LogP) is 4.64. The van der Waals surface area contributed by atoms with Crippen molar-refractivity contribution >= 4 is 12.0 Å². The molecule has 0 N–H and O–H groups in total. The molecule has 7 heteroatoms. The van der Waals surface area contributed by atoms with Gasteiger partial charge in [0.2, 0.25) is 0 Å². The number of esters is 1. The Morgan fingerprint density at radius 1 is 1.00 bits per heavy atom. The summed E-state index contributed by atoms with van der Waals surface area (Å²) in [6, 6.07) is 12.8. The quantitative estimate of drug-likeness (QED) is 0.366. The molecule has 3 aromatic rings. The molecule has 0 radical (unpaired) electrons. The van der Waals surface area contributed by atoms with E-state index in [0.717, 1.165) is 28.1 Å². The van der Waals surface area contributed by atoms with E-state index in [0.29, 0.717) is 23.9 Å². The molecule has 0 aliphatic rings. The second-order valence-electron chi connectivity index (χ2n) is 6.75. The van der Waals surface area contributed by atoms with Crippen LogP contribution in [-0.4, -0.2) is 25.3 Å². The van der Waals surface area contributed by atoms with Gasteiger partial charge in [-0.05, 0) is 43.7 Å². The van der Waals surface area contributed by atoms with Crippen molar-refractivity contribution < 1.29 is 28.3 Å². The largest absolute Gasteiger partial charge is 0.496 e. The summed E-state index contributed by atoms with van der Waals surface area (Å²) in [4.78, 5) is 12.1. The lowest BCUT2D eigenvalue weighted by Gasteiger charge is -2.11. The van der Waals surface area contributed by atoms with Crippen molar-refractivity contribution in [1.82, 2.24) is 5.16 Å². The topological polar surface area (TPSA) is 80.0 Å². The number of aryl methyl sites for hydroxylation is 2. The summed E-state index contributed by atoms with van der Waals surface area (Å²) in [5.74, 6) is 2.08. The van der Waals surface area contributed by atoms with Gasteiger partial charge in [-0.25, -0.2) is 4.79 Å². The number of carbonyl (C=O) groups excluding carboxylic acids is 1. The van der Waals surface area contributed by atoms with Crippen LogP contribution in [0.5, 0.6) is 17.2 Å². The van der Waals surface area contributed by atoms with E-state index < -0.39 is 5.97 Å². The zero-order valence-electron chi connectivity index (χ0n) is 18.0. The first kappa shape index (κ1) is 22.0. The number of ether oxygens (including phenoxy) is 4. The molecule has 1 aromatic heterocycles. The molecule has 1 heterocycles. The van der Waals surface area contributed by atoms with Gasteiger partial charge in [-0.2, -0.15) is 0 Å². The third-order valence-corrected chi connectivity index (χ3v) is 4.72. The Kier molecular flexibility index (Phi) is 7.32. The Bertz CT molecular complexity index is 1050. The standard InChI is InChI=1S/C24H25NO6/c1-16-20(17(2)31-25-16)15-29-22-11-9-18(13-23(22)28-4)10-12-24(26)30-14-19-7-5-6-8-21(19)27-3/h5-13H,14-15H2,1-4H3/b12-10+. The first-order valence-corrected chi connectivity index (χ1v) is 9.71. The Morgan fingerprint density at radius 2 is 1.77 bits per heavy atom. The van der Waals surface area contributed by atoms with Crippen molar-refractivity contribution in [3.05, 3.63) is 76.7 Å². The van der Waals surface area contributed by atoms with Crippen LogP contribution in [0.1, 0.15) is 28.1 Å². The Balaban J connectivity index is 1.61. The van der Waals surface area contributed by atoms with Gasteiger partial charge < -0.3 is 23.5 Å². The fourth-order valence-electron chi connectivity index (χ4n) is 2.95. The van der Waals surface area contributed by atoms with Crippen molar-refractivity contribution in [2.24, 2.45) is 0 Å². The van der Waals surface area contributed by atoms with E-state index in [4.69, 9.17) is 23.5 Å². The van der Waals surface area contributed by atoms with Crippen LogP contribution in [0.15, 0.2) is 53.1 Å². The van der Waals surface area contributed by atoms with E-state index in [-0.39, 0.29) is 6.61 Å². The molecule has 0 saturated carbocycles. The highest BCUT2D eigenvalue weighted by Crippen LogP contribution is 2.30. The summed E-state index contributed by atoms with van der Waals surface area (Å²) < 4.78 is 27.0. The average molecular weight is 423 g/mol. The van der Waals surface area contributed by atoms with Crippen molar-refractivity contribution in [3.8, 4) is 17.2 Å². The second-order valence-corrected chi connectivity index (χ2v) is 6.75. The first-order valence-electron chi connectivity index (χ1n) is 9.71. The van der Waals surface area contributed by atoms with Crippen LogP contribution in [-0.2, 0) is 22.7 Å². The SMILES string of the molecule is COc1ccccc1COC(=O)/C=C/c1ccc(OCc2c(C)noc2C)c(OC)c1. The molecule has 0 fully saturated rings. The van der Waals surface area contributed by atoms with E-state index in [1.807, 2.05) is 44.2 Å². The van der Waals surface area contributed by atoms with Crippen molar-refractivity contribution in [1.29, 1.82) is 0 Å². The van der Waals surface area contributed by atoms with E-state index in [9.17, 15) is 4.79 Å². The fourth-order valence-corrected chi connectivity index (χ4v) is 2.95. The molecule has 0 bridgehead atoms. The van der Waals surface area contributed by atoms with E-state index in [2.05, 4.69) is 5.16 Å². The minimum Gasteiger partial charge on any atom is -0.496 e. The molecule has 0 aliphatic heterocycles. The number of carbonyl (C=O) groups is 1. The molecule has 0 amide bonds. The van der Waals surface area contributed by atoms with Gasteiger partial charge in [-0.15, -0.1) is 0 Å². The van der Waals surface area contributed by atoms with Gasteiger partial charge in [0.1, 0.15) is 24.7 Å². The summed E-state index contributed by atoms with van der Waals surface area (Å²) in [6.07, 6.45) is 3.03. The van der Waals surface area contributed by atoms with Crippen molar-refractivity contribution in [2.75, 3.05) is 14.2 Å². The van der Waals surface area contributed by atoms with Gasteiger partial charge in [0.15, 0.2) is 11.5 Å². The van der Waals surface area contributed by atoms with Crippen molar-refractivity contribution in [3.63, 3.8) is 0 Å². The molecule has 3 rings (SSSR count). The lowest BCUT2D eigenvalue weighted by atomic mass is 10.2. The number of hydrogen-bond acceptors (Lipinski definition) is 7. The lowest BCUT2D eigenvalue weighted by molar-refractivity contribution is -0.138. The number of methoxy groups -OCH3 is 2. The van der Waals surface area contributed by atoms with E-state index in [1.165, 1.54) is 6.08 Å². The Morgan fingerprint density at radius 3 is 2.48 bits per heavy atom. The summed E-state index contributed by atoms with van der Waals surface area (Å²) >= 11 is 0. The maximum Gasteiger partial charge on any atom is 0.331 e. The highest BCUT2D eigenvalue weighted by atomic mass is 16.5. The van der Waals surface area contributed by atoms with Gasteiger partial charge in [0, 0.05) is 11.6 Å². The molecule has 0 saturated heterocycles. The summed E-state index contributed by atoms with van der Waals surface area (Å²) in [5, 5.41) is 3.92. The van der Waals surface area contributed by atoms with E-state index >= 15 is 0 Å². The van der Waals surface area contributed by atoms with Gasteiger partial charge in [-0.3, -0.25) is 0 Å². The maximum absolute atomic E-state index is 12.1. The zero-order valence-corrected chi connectivity index (χ0v) is 18.0. The molecule has 2 aromatic carbocycles. The smallest absolute Gasteiger partial charge is 0.331 e. The number of hydrogen-bond donors (Lipinski definition) is 0. The number of rotatable bonds is 9. The Labute approximate surface area is 181 Å². The third-order valence-electron chi connectivity index (χ3n) is 4.72. The number of nitrogens with zero attached hydrogens (tertiary/aromatic N) is 1. The van der Waals surface area contributed by atoms with Crippen LogP contribution in [0, 0.1) is 13.8 Å². The van der Waals surface area contributed by atoms with Gasteiger partial charge in [0.05, 0.1) is 25.5 Å². The molecule has 0 spiro atoms. The van der Waals surface area contributed by atoms with Crippen LogP contribution in [0.4, 0.5) is 0 Å². The summed E-state index contributed by atoms with van der Waals surface area (Å²) in [5.41, 5.74) is 3.27. The summed E-state index contributed by atoms with van der Waals surface area (Å²) in [7, 11) is 3.14. The van der Waals surface area contributed by atoms with E-state index in [1.54, 1.807) is 32.4 Å². The highest BCUT2D eigenvalue weighted by Gasteiger charge is 2.12. The number of para-hydroxylation sites is 1. The van der Waals surface area contributed by atoms with Gasteiger partial charge in [0.25, 0.3) is 0 Å². The molecule has 0 aliphatic carbocycles. The zero-order chi connectivity index (χ0) is 22.2. The molecule has 0 atom stereocenters. The first-order chi connectivity index (χ1) is 15.0. The van der Waals surface area contributed by atoms with Crippen molar-refractivity contribution in [2.45, 2.75) is 27.1 Å². The second kappa shape index (κ2) is 10.3. The third kappa shape index (κ3) is 5.66. The maximum atomic E-state index is 12.1. The molecule has 0 unspecified atom stereocenters. The number of benzene rings is 2. The average Bonchev–Trinajstić information content (AvgIpc) is 3.12. The van der Waals surface area contributed by atoms with Gasteiger partial charge >= 0.3 is 5.97 Å². The van der Waals surface area contributed by atoms with Gasteiger partial charge in [-0.1, -0.05) is 29.4 Å². The van der Waals surface area contributed by atoms with Crippen LogP contribution in [0.25, 0.3) is 6.08 Å². The molecular formula is C24H25NO6. The van der Waals surface area contributed by atoms with Crippen LogP contribution >= 0.6 is 0 Å². The molecule has 162 valence electrons. The predicted molar refractivity (Wildman–Crippen MR) is 115 cm³/mol. The van der Waals surface area contributed by atoms with Crippen LogP contribution in [0.2, 0.25) is 0 Å². The minimum absolute atomic E-state index is 0.130. The fraction of sp³-hybridized carbons (Fsp3) is 0.250. The normalized spacial score (nSPS) is 10.8. The Hall–Kier alpha value is -3.74. The lowest BCUT2D eigenvalue weighted by Crippen LogP contribution is -2.02. The van der Waals surface area contributed by atoms with Crippen LogP contribution < -0.4 is 14.2 Å². The highest BCUT2D eigenvalue weighted by molar-refractivity contribution is 5.87. The monoisotopic (exact) mass is 423 g/mol. The molecule has 7 nitrogen and oxygen atoms in total. The minimum atomic E-state index is -0.455. The van der Waals surface area contributed by atoms with Crippen LogP contribution in [0.3, 0.4) is 0 Å².